The monoisotopic (exact) mass is 458 g/mol. The molecule has 1 unspecified atom stereocenters. The third kappa shape index (κ3) is 5.57. The predicted molar refractivity (Wildman–Crippen MR) is 125 cm³/mol. The van der Waals surface area contributed by atoms with Crippen molar-refractivity contribution in [2.24, 2.45) is 0 Å². The molecule has 0 amide bonds. The Kier molecular flexibility index (Phi) is 6.59. The number of nitrogens with one attached hydrogen (secondary N) is 2. The zero-order valence-electron chi connectivity index (χ0n) is 16.9. The molecule has 0 spiro atoms. The molecule has 3 aromatic carbocycles. The summed E-state index contributed by atoms with van der Waals surface area (Å²) >= 11 is 0. The number of nitrogen functional groups attached to an aromatic ring is 1. The summed E-state index contributed by atoms with van der Waals surface area (Å²) in [4.78, 5) is -0.448. The molecule has 3 rings (SSSR count). The summed E-state index contributed by atoms with van der Waals surface area (Å²) in [7, 11) is -7.63. The van der Waals surface area contributed by atoms with Gasteiger partial charge in [0.2, 0.25) is 15.1 Å². The van der Waals surface area contributed by atoms with Gasteiger partial charge in [-0.1, -0.05) is 46.7 Å². The number of anilines is 2. The first-order valence-electron chi connectivity index (χ1n) is 9.43. The topological polar surface area (TPSA) is 133 Å². The van der Waals surface area contributed by atoms with Gasteiger partial charge in [0.1, 0.15) is 11.2 Å². The molecule has 5 N–H and O–H groups in total. The fraction of sp³-hybridized carbons (Fsp3) is 0.136. The number of nitrogens with two attached hydrogens (primary N) is 1. The van der Waals surface area contributed by atoms with Crippen LogP contribution in [-0.4, -0.2) is 24.9 Å². The number of rotatable bonds is 8. The Morgan fingerprint density at radius 2 is 1.71 bits per heavy atom. The highest BCUT2D eigenvalue weighted by atomic mass is 32.3. The van der Waals surface area contributed by atoms with Gasteiger partial charge in [-0.25, -0.2) is 8.42 Å². The van der Waals surface area contributed by atoms with Crippen LogP contribution in [0.3, 0.4) is 0 Å². The summed E-state index contributed by atoms with van der Waals surface area (Å²) in [5.41, 5.74) is 8.42. The smallest absolute Gasteiger partial charge is 0.266 e. The van der Waals surface area contributed by atoms with Crippen LogP contribution in [0.5, 0.6) is 0 Å². The largest absolute Gasteiger partial charge is 0.398 e. The van der Waals surface area contributed by atoms with Crippen molar-refractivity contribution in [2.75, 3.05) is 16.7 Å². The molecular weight excluding hydrogens is 434 g/mol. The van der Waals surface area contributed by atoms with Crippen LogP contribution in [0.2, 0.25) is 0 Å². The predicted octanol–water partition coefficient (Wildman–Crippen LogP) is 4.03. The van der Waals surface area contributed by atoms with E-state index < -0.39 is 20.2 Å². The molecule has 0 heterocycles. The SMILES string of the molecule is C[S+](=O)(O)c1ccccc1S(=O)(=O)Nc1ccc(N)c(C(=N)CCc2ccccc2)c1. The normalized spacial score (nSPS) is 13.4. The number of benzene rings is 3. The van der Waals surface area contributed by atoms with Crippen molar-refractivity contribution < 1.29 is 17.2 Å². The molecule has 9 heteroatoms. The maximum absolute atomic E-state index is 12.9. The average molecular weight is 459 g/mol. The average Bonchev–Trinajstić information content (AvgIpc) is 2.73. The fourth-order valence-corrected chi connectivity index (χ4v) is 5.83. The van der Waals surface area contributed by atoms with E-state index in [0.717, 1.165) is 11.8 Å². The van der Waals surface area contributed by atoms with Crippen molar-refractivity contribution in [1.82, 2.24) is 0 Å². The highest BCUT2D eigenvalue weighted by molar-refractivity contribution is 7.98. The van der Waals surface area contributed by atoms with Gasteiger partial charge in [0, 0.05) is 22.6 Å². The van der Waals surface area contributed by atoms with Gasteiger partial charge in [0.05, 0.1) is 0 Å². The van der Waals surface area contributed by atoms with Crippen LogP contribution >= 0.6 is 0 Å². The van der Waals surface area contributed by atoms with E-state index >= 15 is 0 Å². The van der Waals surface area contributed by atoms with Gasteiger partial charge in [0.15, 0.2) is 0 Å². The number of sulfonamides is 1. The van der Waals surface area contributed by atoms with E-state index in [9.17, 15) is 17.2 Å². The van der Waals surface area contributed by atoms with E-state index in [0.29, 0.717) is 24.1 Å². The molecule has 0 aliphatic carbocycles. The number of hydrogen-bond acceptors (Lipinski definition) is 5. The maximum Gasteiger partial charge on any atom is 0.266 e. The van der Waals surface area contributed by atoms with E-state index in [4.69, 9.17) is 11.1 Å². The Labute approximate surface area is 183 Å². The number of aryl methyl sites for hydroxylation is 1. The minimum Gasteiger partial charge on any atom is -0.398 e. The van der Waals surface area contributed by atoms with E-state index in [-0.39, 0.29) is 21.2 Å². The highest BCUT2D eigenvalue weighted by Crippen LogP contribution is 2.27. The van der Waals surface area contributed by atoms with Crippen molar-refractivity contribution >= 4 is 37.3 Å². The maximum atomic E-state index is 12.9. The van der Waals surface area contributed by atoms with Gasteiger partial charge >= 0.3 is 0 Å². The van der Waals surface area contributed by atoms with Crippen molar-refractivity contribution in [3.8, 4) is 0 Å². The third-order valence-corrected chi connectivity index (χ3v) is 7.42. The van der Waals surface area contributed by atoms with Crippen LogP contribution in [0.15, 0.2) is 82.6 Å². The molecule has 0 aliphatic heterocycles. The van der Waals surface area contributed by atoms with Gasteiger partial charge in [-0.2, -0.15) is 4.55 Å². The lowest BCUT2D eigenvalue weighted by Gasteiger charge is -2.13. The summed E-state index contributed by atoms with van der Waals surface area (Å²) in [6.07, 6.45) is 2.16. The molecule has 0 saturated carbocycles. The van der Waals surface area contributed by atoms with Crippen molar-refractivity contribution in [1.29, 1.82) is 5.41 Å². The van der Waals surface area contributed by atoms with Gasteiger partial charge in [0.25, 0.3) is 10.0 Å². The zero-order valence-corrected chi connectivity index (χ0v) is 18.5. The molecule has 162 valence electrons. The molecule has 1 atom stereocenters. The van der Waals surface area contributed by atoms with E-state index in [1.165, 1.54) is 42.5 Å². The van der Waals surface area contributed by atoms with Gasteiger partial charge < -0.3 is 11.1 Å². The molecule has 0 aliphatic rings. The van der Waals surface area contributed by atoms with Gasteiger partial charge in [-0.3, -0.25) is 4.72 Å². The van der Waals surface area contributed by atoms with Crippen LogP contribution in [0, 0.1) is 5.41 Å². The summed E-state index contributed by atoms with van der Waals surface area (Å²) < 4.78 is 50.3. The highest BCUT2D eigenvalue weighted by Gasteiger charge is 2.32. The molecule has 0 bridgehead atoms. The Morgan fingerprint density at radius 3 is 2.39 bits per heavy atom. The van der Waals surface area contributed by atoms with Crippen LogP contribution < -0.4 is 10.5 Å². The molecule has 0 aromatic heterocycles. The second-order valence-corrected chi connectivity index (χ2v) is 10.8. The zero-order chi connectivity index (χ0) is 22.6. The molecule has 7 nitrogen and oxygen atoms in total. The first-order chi connectivity index (χ1) is 14.6. The van der Waals surface area contributed by atoms with Gasteiger partial charge in [-0.15, -0.1) is 0 Å². The molecule has 0 radical (unpaired) electrons. The Balaban J connectivity index is 1.85. The lowest BCUT2D eigenvalue weighted by molar-refractivity contribution is 0.500. The van der Waals surface area contributed by atoms with Crippen LogP contribution in [0.1, 0.15) is 17.5 Å². The Bertz CT molecular complexity index is 1250. The van der Waals surface area contributed by atoms with Crippen molar-refractivity contribution in [3.05, 3.63) is 83.9 Å². The van der Waals surface area contributed by atoms with E-state index in [1.807, 2.05) is 30.3 Å². The van der Waals surface area contributed by atoms with Gasteiger partial charge in [-0.05, 0) is 48.7 Å². The first kappa shape index (κ1) is 22.7. The molecule has 3 aromatic rings. The van der Waals surface area contributed by atoms with E-state index in [1.54, 1.807) is 0 Å². The summed E-state index contributed by atoms with van der Waals surface area (Å²) in [5, 5.41) is 8.40. The minimum absolute atomic E-state index is 0.172. The summed E-state index contributed by atoms with van der Waals surface area (Å²) in [6.45, 7) is 0. The lowest BCUT2D eigenvalue weighted by atomic mass is 10.0. The minimum atomic E-state index is -4.14. The standard InChI is InChI=1S/C22H23N3O4S2/c1-30(26,27)21-9-5-6-10-22(21)31(28,29)25-17-12-14-20(24)18(15-17)19(23)13-11-16-7-3-2-4-8-16/h2-10,12,14-15,23,25H,11,13,24H2,1H3/p+1. The first-order valence-corrected chi connectivity index (χ1v) is 12.8. The molecule has 0 saturated heterocycles. The number of hydrogen-bond donors (Lipinski definition) is 4. The third-order valence-electron chi connectivity index (χ3n) is 4.68. The summed E-state index contributed by atoms with van der Waals surface area (Å²) in [5.74, 6) is 0. The molecule has 31 heavy (non-hydrogen) atoms. The second kappa shape index (κ2) is 9.01. The van der Waals surface area contributed by atoms with Crippen LogP contribution in [-0.2, 0) is 30.9 Å². The van der Waals surface area contributed by atoms with Crippen LogP contribution in [0.4, 0.5) is 11.4 Å². The second-order valence-electron chi connectivity index (χ2n) is 7.12. The molecular formula is C22H24N3O4S2+. The molecule has 0 fully saturated rings. The Morgan fingerprint density at radius 1 is 1.06 bits per heavy atom. The quantitative estimate of drug-likeness (QED) is 0.230. The van der Waals surface area contributed by atoms with Crippen molar-refractivity contribution in [2.45, 2.75) is 22.6 Å². The van der Waals surface area contributed by atoms with Crippen molar-refractivity contribution in [3.63, 3.8) is 0 Å². The van der Waals surface area contributed by atoms with Crippen LogP contribution in [0.25, 0.3) is 0 Å². The Hall–Kier alpha value is -3.01. The van der Waals surface area contributed by atoms with E-state index in [2.05, 4.69) is 4.72 Å². The lowest BCUT2D eigenvalue weighted by Crippen LogP contribution is -2.19. The summed E-state index contributed by atoms with van der Waals surface area (Å²) in [6, 6.07) is 19.8. The fourth-order valence-electron chi connectivity index (χ4n) is 3.12.